The van der Waals surface area contributed by atoms with Crippen LogP contribution in [0.25, 0.3) is 0 Å². The predicted molar refractivity (Wildman–Crippen MR) is 110 cm³/mol. The second-order valence-electron chi connectivity index (χ2n) is 5.57. The highest BCUT2D eigenvalue weighted by Crippen LogP contribution is 2.14. The summed E-state index contributed by atoms with van der Waals surface area (Å²) in [5.74, 6) is 1.40. The van der Waals surface area contributed by atoms with Gasteiger partial charge in [0, 0.05) is 45.0 Å². The minimum Gasteiger partial charge on any atom is -0.357 e. The SMILES string of the molecule is CCNC(=NCC(C)Cc1cccs1)NCCC(=O)N(C)C.I. The van der Waals surface area contributed by atoms with Crippen molar-refractivity contribution in [2.45, 2.75) is 26.7 Å². The molecule has 1 amide bonds. The molecule has 1 heterocycles. The standard InChI is InChI=1S/C16H28N4OS.HI/c1-5-17-16(18-9-8-15(21)20(3)4)19-12-13(2)11-14-7-6-10-22-14;/h6-7,10,13H,5,8-9,11-12H2,1-4H3,(H2,17,18,19);1H. The van der Waals surface area contributed by atoms with Crippen LogP contribution in [0.1, 0.15) is 25.1 Å². The molecule has 0 saturated carbocycles. The second kappa shape index (κ2) is 12.6. The van der Waals surface area contributed by atoms with Gasteiger partial charge in [-0.2, -0.15) is 0 Å². The molecule has 0 bridgehead atoms. The zero-order valence-electron chi connectivity index (χ0n) is 14.5. The van der Waals surface area contributed by atoms with E-state index in [2.05, 4.69) is 40.1 Å². The highest BCUT2D eigenvalue weighted by Gasteiger charge is 2.06. The maximum Gasteiger partial charge on any atom is 0.223 e. The fourth-order valence-corrected chi connectivity index (χ4v) is 2.81. The van der Waals surface area contributed by atoms with E-state index in [4.69, 9.17) is 0 Å². The van der Waals surface area contributed by atoms with Crippen LogP contribution in [0.2, 0.25) is 0 Å². The van der Waals surface area contributed by atoms with Crippen molar-refractivity contribution in [3.8, 4) is 0 Å². The Labute approximate surface area is 161 Å². The quantitative estimate of drug-likeness (QED) is 0.362. The molecule has 0 aliphatic heterocycles. The lowest BCUT2D eigenvalue weighted by molar-refractivity contribution is -0.128. The number of carbonyl (C=O) groups is 1. The minimum atomic E-state index is 0. The Morgan fingerprint density at radius 1 is 1.39 bits per heavy atom. The molecule has 5 nitrogen and oxygen atoms in total. The topological polar surface area (TPSA) is 56.7 Å². The normalized spacial score (nSPS) is 12.3. The molecule has 7 heteroatoms. The Balaban J connectivity index is 0.00000484. The van der Waals surface area contributed by atoms with Gasteiger partial charge >= 0.3 is 0 Å². The Bertz CT molecular complexity index is 463. The van der Waals surface area contributed by atoms with Gasteiger partial charge in [0.2, 0.25) is 5.91 Å². The average Bonchev–Trinajstić information content (AvgIpc) is 2.97. The number of aliphatic imine (C=N–C) groups is 1. The van der Waals surface area contributed by atoms with Crippen molar-refractivity contribution in [2.75, 3.05) is 33.7 Å². The maximum absolute atomic E-state index is 11.6. The summed E-state index contributed by atoms with van der Waals surface area (Å²) in [5.41, 5.74) is 0. The first-order valence-electron chi connectivity index (χ1n) is 7.77. The molecule has 0 fully saturated rings. The first kappa shape index (κ1) is 22.2. The van der Waals surface area contributed by atoms with E-state index < -0.39 is 0 Å². The molecule has 0 aromatic carbocycles. The fourth-order valence-electron chi connectivity index (χ4n) is 1.94. The minimum absolute atomic E-state index is 0. The molecule has 1 aromatic rings. The van der Waals surface area contributed by atoms with Crippen molar-refractivity contribution in [3.05, 3.63) is 22.4 Å². The molecular formula is C16H29IN4OS. The number of hydrogen-bond acceptors (Lipinski definition) is 3. The third-order valence-corrected chi connectivity index (χ3v) is 4.06. The number of halogens is 1. The van der Waals surface area contributed by atoms with Gasteiger partial charge in [-0.1, -0.05) is 13.0 Å². The van der Waals surface area contributed by atoms with Crippen molar-refractivity contribution < 1.29 is 4.79 Å². The summed E-state index contributed by atoms with van der Waals surface area (Å²) in [4.78, 5) is 19.2. The van der Waals surface area contributed by atoms with E-state index in [1.54, 1.807) is 30.3 Å². The molecule has 1 rings (SSSR count). The number of carbonyl (C=O) groups excluding carboxylic acids is 1. The van der Waals surface area contributed by atoms with E-state index in [1.165, 1.54) is 4.88 Å². The van der Waals surface area contributed by atoms with Crippen LogP contribution in [0.4, 0.5) is 0 Å². The largest absolute Gasteiger partial charge is 0.357 e. The van der Waals surface area contributed by atoms with Gasteiger partial charge in [-0.05, 0) is 30.7 Å². The van der Waals surface area contributed by atoms with Gasteiger partial charge in [0.1, 0.15) is 0 Å². The Morgan fingerprint density at radius 2 is 2.13 bits per heavy atom. The predicted octanol–water partition coefficient (Wildman–Crippen LogP) is 2.58. The molecule has 1 atom stereocenters. The smallest absolute Gasteiger partial charge is 0.223 e. The highest BCUT2D eigenvalue weighted by molar-refractivity contribution is 14.0. The van der Waals surface area contributed by atoms with Crippen molar-refractivity contribution in [1.82, 2.24) is 15.5 Å². The van der Waals surface area contributed by atoms with Crippen LogP contribution in [0.15, 0.2) is 22.5 Å². The van der Waals surface area contributed by atoms with Crippen LogP contribution < -0.4 is 10.6 Å². The summed E-state index contributed by atoms with van der Waals surface area (Å²) in [6.07, 6.45) is 1.53. The van der Waals surface area contributed by atoms with Gasteiger partial charge in [-0.3, -0.25) is 9.79 Å². The van der Waals surface area contributed by atoms with Crippen molar-refractivity contribution in [2.24, 2.45) is 10.9 Å². The van der Waals surface area contributed by atoms with Crippen LogP contribution in [0.3, 0.4) is 0 Å². The van der Waals surface area contributed by atoms with Crippen LogP contribution in [-0.2, 0) is 11.2 Å². The van der Waals surface area contributed by atoms with E-state index >= 15 is 0 Å². The molecule has 23 heavy (non-hydrogen) atoms. The molecule has 0 aliphatic rings. The van der Waals surface area contributed by atoms with Crippen LogP contribution in [0.5, 0.6) is 0 Å². The average molecular weight is 452 g/mol. The summed E-state index contributed by atoms with van der Waals surface area (Å²) in [6.45, 7) is 6.43. The van der Waals surface area contributed by atoms with Gasteiger partial charge in [0.15, 0.2) is 5.96 Å². The lowest BCUT2D eigenvalue weighted by atomic mass is 10.1. The van der Waals surface area contributed by atoms with Crippen LogP contribution in [-0.4, -0.2) is 50.5 Å². The number of rotatable bonds is 8. The molecule has 0 saturated heterocycles. The first-order chi connectivity index (χ1) is 10.5. The van der Waals surface area contributed by atoms with Crippen LogP contribution >= 0.6 is 35.3 Å². The Morgan fingerprint density at radius 3 is 2.70 bits per heavy atom. The van der Waals surface area contributed by atoms with Gasteiger partial charge in [0.05, 0.1) is 0 Å². The van der Waals surface area contributed by atoms with Crippen molar-refractivity contribution in [1.29, 1.82) is 0 Å². The number of hydrogen-bond donors (Lipinski definition) is 2. The van der Waals surface area contributed by atoms with E-state index in [9.17, 15) is 4.79 Å². The van der Waals surface area contributed by atoms with Gasteiger partial charge < -0.3 is 15.5 Å². The number of nitrogens with one attached hydrogen (secondary N) is 2. The number of nitrogens with zero attached hydrogens (tertiary/aromatic N) is 2. The van der Waals surface area contributed by atoms with Crippen LogP contribution in [0, 0.1) is 5.92 Å². The number of thiophene rings is 1. The van der Waals surface area contributed by atoms with E-state index in [1.807, 2.05) is 6.92 Å². The Kier molecular flexibility index (Phi) is 12.1. The second-order valence-corrected chi connectivity index (χ2v) is 6.61. The van der Waals surface area contributed by atoms with Crippen molar-refractivity contribution in [3.63, 3.8) is 0 Å². The highest BCUT2D eigenvalue weighted by atomic mass is 127. The monoisotopic (exact) mass is 452 g/mol. The molecular weight excluding hydrogens is 423 g/mol. The Hall–Kier alpha value is -0.830. The van der Waals surface area contributed by atoms with Crippen molar-refractivity contribution >= 4 is 47.2 Å². The molecule has 1 aromatic heterocycles. The van der Waals surface area contributed by atoms with Gasteiger partial charge in [-0.25, -0.2) is 0 Å². The molecule has 0 aliphatic carbocycles. The molecule has 2 N–H and O–H groups in total. The third-order valence-electron chi connectivity index (χ3n) is 3.17. The zero-order chi connectivity index (χ0) is 16.4. The summed E-state index contributed by atoms with van der Waals surface area (Å²) < 4.78 is 0. The third kappa shape index (κ3) is 9.80. The zero-order valence-corrected chi connectivity index (χ0v) is 17.6. The fraction of sp³-hybridized carbons (Fsp3) is 0.625. The van der Waals surface area contributed by atoms with E-state index in [0.29, 0.717) is 18.9 Å². The molecule has 1 unspecified atom stereocenters. The number of guanidine groups is 1. The summed E-state index contributed by atoms with van der Waals surface area (Å²) >= 11 is 1.79. The number of amides is 1. The summed E-state index contributed by atoms with van der Waals surface area (Å²) in [5, 5.41) is 8.54. The summed E-state index contributed by atoms with van der Waals surface area (Å²) in [7, 11) is 3.54. The first-order valence-corrected chi connectivity index (χ1v) is 8.65. The molecule has 132 valence electrons. The lowest BCUT2D eigenvalue weighted by Crippen LogP contribution is -2.39. The van der Waals surface area contributed by atoms with E-state index in [0.717, 1.165) is 25.5 Å². The maximum atomic E-state index is 11.6. The van der Waals surface area contributed by atoms with Gasteiger partial charge in [-0.15, -0.1) is 35.3 Å². The lowest BCUT2D eigenvalue weighted by Gasteiger charge is -2.14. The summed E-state index contributed by atoms with van der Waals surface area (Å²) in [6, 6.07) is 4.25. The van der Waals surface area contributed by atoms with Gasteiger partial charge in [0.25, 0.3) is 0 Å². The van der Waals surface area contributed by atoms with E-state index in [-0.39, 0.29) is 29.9 Å². The molecule has 0 radical (unpaired) electrons. The molecule has 0 spiro atoms.